The zero-order chi connectivity index (χ0) is 13.6. The van der Waals surface area contributed by atoms with E-state index in [1.54, 1.807) is 7.11 Å². The van der Waals surface area contributed by atoms with Crippen LogP contribution in [0.4, 0.5) is 0 Å². The minimum atomic E-state index is -0.237. The third kappa shape index (κ3) is 4.44. The maximum Gasteiger partial charge on any atom is 0.290 e. The minimum absolute atomic E-state index is 0.135. The van der Waals surface area contributed by atoms with Gasteiger partial charge in [-0.25, -0.2) is 4.98 Å². The number of hydrogen-bond donors (Lipinski definition) is 2. The van der Waals surface area contributed by atoms with E-state index < -0.39 is 0 Å². The van der Waals surface area contributed by atoms with E-state index in [1.807, 2.05) is 20.8 Å². The van der Waals surface area contributed by atoms with Gasteiger partial charge in [0, 0.05) is 25.7 Å². The number of carbonyl (C=O) groups excluding carboxylic acids is 1. The molecule has 0 aliphatic carbocycles. The highest BCUT2D eigenvalue weighted by Gasteiger charge is 2.20. The van der Waals surface area contributed by atoms with E-state index in [0.717, 1.165) is 12.8 Å². The number of aromatic nitrogens is 3. The molecule has 0 aromatic carbocycles. The van der Waals surface area contributed by atoms with Gasteiger partial charge in [0.2, 0.25) is 5.82 Å². The van der Waals surface area contributed by atoms with Gasteiger partial charge in [-0.15, -0.1) is 5.10 Å². The fourth-order valence-corrected chi connectivity index (χ4v) is 1.35. The number of carbonyl (C=O) groups is 1. The van der Waals surface area contributed by atoms with Crippen LogP contribution in [0.3, 0.4) is 0 Å². The third-order valence-electron chi connectivity index (χ3n) is 2.46. The predicted molar refractivity (Wildman–Crippen MR) is 68.5 cm³/mol. The Morgan fingerprint density at radius 3 is 2.67 bits per heavy atom. The van der Waals surface area contributed by atoms with Crippen molar-refractivity contribution < 1.29 is 9.53 Å². The summed E-state index contributed by atoms with van der Waals surface area (Å²) in [5.41, 5.74) is -0.135. The van der Waals surface area contributed by atoms with E-state index in [0.29, 0.717) is 19.0 Å². The number of nitrogens with one attached hydrogen (secondary N) is 2. The Bertz CT molecular complexity index is 382. The highest BCUT2D eigenvalue weighted by atomic mass is 16.5. The zero-order valence-electron chi connectivity index (χ0n) is 11.5. The summed E-state index contributed by atoms with van der Waals surface area (Å²) in [6.45, 7) is 7.37. The molecule has 6 nitrogen and oxygen atoms in total. The first-order valence-corrected chi connectivity index (χ1v) is 6.15. The molecule has 6 heteroatoms. The van der Waals surface area contributed by atoms with E-state index in [2.05, 4.69) is 20.5 Å². The van der Waals surface area contributed by atoms with Crippen molar-refractivity contribution in [2.45, 2.75) is 39.0 Å². The lowest BCUT2D eigenvalue weighted by Crippen LogP contribution is -2.26. The van der Waals surface area contributed by atoms with Crippen LogP contribution in [0.1, 0.15) is 50.1 Å². The number of hydrogen-bond acceptors (Lipinski definition) is 4. The zero-order valence-corrected chi connectivity index (χ0v) is 11.5. The van der Waals surface area contributed by atoms with Crippen molar-refractivity contribution >= 4 is 5.91 Å². The average Bonchev–Trinajstić information content (AvgIpc) is 2.77. The number of unbranched alkanes of at least 4 members (excludes halogenated alkanes) is 1. The van der Waals surface area contributed by atoms with Crippen LogP contribution < -0.4 is 5.32 Å². The van der Waals surface area contributed by atoms with Gasteiger partial charge in [0.1, 0.15) is 5.82 Å². The average molecular weight is 254 g/mol. The molecular formula is C12H22N4O2. The molecule has 0 spiro atoms. The fraction of sp³-hybridized carbons (Fsp3) is 0.750. The van der Waals surface area contributed by atoms with E-state index in [9.17, 15) is 4.79 Å². The van der Waals surface area contributed by atoms with Crippen LogP contribution in [-0.4, -0.2) is 41.3 Å². The molecule has 102 valence electrons. The topological polar surface area (TPSA) is 79.9 Å². The molecule has 0 fully saturated rings. The Balaban J connectivity index is 2.40. The number of aromatic amines is 1. The first-order chi connectivity index (χ1) is 8.45. The number of H-pyrrole nitrogens is 1. The maximum absolute atomic E-state index is 11.7. The molecule has 0 unspecified atom stereocenters. The number of methoxy groups -OCH3 is 1. The van der Waals surface area contributed by atoms with Crippen LogP contribution in [0.2, 0.25) is 0 Å². The molecule has 18 heavy (non-hydrogen) atoms. The lowest BCUT2D eigenvalue weighted by atomic mass is 9.96. The smallest absolute Gasteiger partial charge is 0.290 e. The van der Waals surface area contributed by atoms with Crippen molar-refractivity contribution in [3.8, 4) is 0 Å². The first-order valence-electron chi connectivity index (χ1n) is 6.15. The molecule has 0 saturated heterocycles. The minimum Gasteiger partial charge on any atom is -0.385 e. The summed E-state index contributed by atoms with van der Waals surface area (Å²) < 4.78 is 4.93. The number of ether oxygens (including phenoxy) is 1. The first kappa shape index (κ1) is 14.6. The largest absolute Gasteiger partial charge is 0.385 e. The normalized spacial score (nSPS) is 11.6. The second-order valence-electron chi connectivity index (χ2n) is 5.21. The van der Waals surface area contributed by atoms with Gasteiger partial charge in [-0.05, 0) is 12.8 Å². The molecule has 0 aliphatic rings. The summed E-state index contributed by atoms with van der Waals surface area (Å²) in [7, 11) is 1.67. The molecule has 1 amide bonds. The van der Waals surface area contributed by atoms with Crippen LogP contribution in [-0.2, 0) is 10.2 Å². The second kappa shape index (κ2) is 6.49. The highest BCUT2D eigenvalue weighted by molar-refractivity contribution is 5.90. The third-order valence-corrected chi connectivity index (χ3v) is 2.46. The monoisotopic (exact) mass is 254 g/mol. The van der Waals surface area contributed by atoms with Gasteiger partial charge in [-0.1, -0.05) is 20.8 Å². The molecule has 1 heterocycles. The van der Waals surface area contributed by atoms with Gasteiger partial charge >= 0.3 is 0 Å². The number of rotatable bonds is 6. The molecule has 2 N–H and O–H groups in total. The molecular weight excluding hydrogens is 232 g/mol. The fourth-order valence-electron chi connectivity index (χ4n) is 1.35. The highest BCUT2D eigenvalue weighted by Crippen LogP contribution is 2.17. The Hall–Kier alpha value is -1.43. The molecule has 0 saturated carbocycles. The Labute approximate surface area is 108 Å². The Kier molecular flexibility index (Phi) is 5.27. The van der Waals surface area contributed by atoms with Crippen LogP contribution >= 0.6 is 0 Å². The van der Waals surface area contributed by atoms with E-state index in [1.165, 1.54) is 0 Å². The quantitative estimate of drug-likeness (QED) is 0.749. The van der Waals surface area contributed by atoms with E-state index in [-0.39, 0.29) is 17.1 Å². The van der Waals surface area contributed by atoms with Gasteiger partial charge < -0.3 is 10.1 Å². The molecule has 0 radical (unpaired) electrons. The van der Waals surface area contributed by atoms with Gasteiger partial charge in [-0.2, -0.15) is 0 Å². The van der Waals surface area contributed by atoms with Crippen LogP contribution in [0.5, 0.6) is 0 Å². The molecule has 0 bridgehead atoms. The predicted octanol–water partition coefficient (Wildman–Crippen LogP) is 1.26. The van der Waals surface area contributed by atoms with Crippen molar-refractivity contribution in [3.63, 3.8) is 0 Å². The summed E-state index contributed by atoms with van der Waals surface area (Å²) in [6, 6.07) is 0. The lowest BCUT2D eigenvalue weighted by molar-refractivity contribution is 0.0941. The summed E-state index contributed by atoms with van der Waals surface area (Å²) in [5, 5.41) is 9.50. The molecule has 0 atom stereocenters. The SMILES string of the molecule is COCCCCNC(=O)c1n[nH]c(C(C)(C)C)n1. The van der Waals surface area contributed by atoms with Gasteiger partial charge in [0.15, 0.2) is 0 Å². The van der Waals surface area contributed by atoms with Crippen molar-refractivity contribution in [1.82, 2.24) is 20.5 Å². The molecule has 1 rings (SSSR count). The van der Waals surface area contributed by atoms with Crippen molar-refractivity contribution in [1.29, 1.82) is 0 Å². The molecule has 1 aromatic heterocycles. The summed E-state index contributed by atoms with van der Waals surface area (Å²) in [4.78, 5) is 15.9. The van der Waals surface area contributed by atoms with Gasteiger partial charge in [0.05, 0.1) is 0 Å². The van der Waals surface area contributed by atoms with Gasteiger partial charge in [0.25, 0.3) is 5.91 Å². The number of nitrogens with zero attached hydrogens (tertiary/aromatic N) is 2. The summed E-state index contributed by atoms with van der Waals surface area (Å²) in [5.74, 6) is 0.679. The van der Waals surface area contributed by atoms with Crippen molar-refractivity contribution in [2.75, 3.05) is 20.3 Å². The van der Waals surface area contributed by atoms with E-state index >= 15 is 0 Å². The van der Waals surface area contributed by atoms with Gasteiger partial charge in [-0.3, -0.25) is 9.89 Å². The van der Waals surface area contributed by atoms with Crippen LogP contribution in [0.15, 0.2) is 0 Å². The second-order valence-corrected chi connectivity index (χ2v) is 5.21. The molecule has 0 aliphatic heterocycles. The molecule has 1 aromatic rings. The number of amides is 1. The summed E-state index contributed by atoms with van der Waals surface area (Å²) >= 11 is 0. The standard InChI is InChI=1S/C12H22N4O2/c1-12(2,3)11-14-9(15-16-11)10(17)13-7-5-6-8-18-4/h5-8H2,1-4H3,(H,13,17)(H,14,15,16). The van der Waals surface area contributed by atoms with E-state index in [4.69, 9.17) is 4.74 Å². The van der Waals surface area contributed by atoms with Crippen LogP contribution in [0, 0.1) is 0 Å². The van der Waals surface area contributed by atoms with Crippen molar-refractivity contribution in [2.24, 2.45) is 0 Å². The summed E-state index contributed by atoms with van der Waals surface area (Å²) in [6.07, 6.45) is 1.81. The maximum atomic E-state index is 11.7. The lowest BCUT2D eigenvalue weighted by Gasteiger charge is -2.12. The van der Waals surface area contributed by atoms with Crippen LogP contribution in [0.25, 0.3) is 0 Å². The Morgan fingerprint density at radius 1 is 1.39 bits per heavy atom. The van der Waals surface area contributed by atoms with Crippen molar-refractivity contribution in [3.05, 3.63) is 11.6 Å². The Morgan fingerprint density at radius 2 is 2.11 bits per heavy atom.